The lowest BCUT2D eigenvalue weighted by atomic mass is 9.99. The SMILES string of the molecule is O=C(CN1CCCS1(=O)=O)Nc1ccc2c(c1F)CCNC2. The number of amides is 1. The summed E-state index contributed by atoms with van der Waals surface area (Å²) in [5.41, 5.74) is 1.62. The second-order valence-corrected chi connectivity index (χ2v) is 7.63. The maximum atomic E-state index is 14.4. The molecule has 1 saturated heterocycles. The van der Waals surface area contributed by atoms with E-state index >= 15 is 0 Å². The first kappa shape index (κ1) is 15.4. The molecule has 6 nitrogen and oxygen atoms in total. The Hall–Kier alpha value is -1.51. The van der Waals surface area contributed by atoms with Crippen molar-refractivity contribution in [2.75, 3.05) is 30.7 Å². The second-order valence-electron chi connectivity index (χ2n) is 5.54. The van der Waals surface area contributed by atoms with Gasteiger partial charge in [0.15, 0.2) is 0 Å². The van der Waals surface area contributed by atoms with Crippen LogP contribution >= 0.6 is 0 Å². The van der Waals surface area contributed by atoms with Gasteiger partial charge in [-0.3, -0.25) is 4.79 Å². The number of nitrogens with zero attached hydrogens (tertiary/aromatic N) is 1. The van der Waals surface area contributed by atoms with E-state index in [1.165, 1.54) is 6.07 Å². The maximum absolute atomic E-state index is 14.4. The van der Waals surface area contributed by atoms with Crippen LogP contribution < -0.4 is 10.6 Å². The molecule has 3 rings (SSSR count). The number of hydrogen-bond donors (Lipinski definition) is 2. The summed E-state index contributed by atoms with van der Waals surface area (Å²) in [4.78, 5) is 12.0. The molecule has 0 aliphatic carbocycles. The van der Waals surface area contributed by atoms with Gasteiger partial charge in [0.2, 0.25) is 15.9 Å². The number of anilines is 1. The molecule has 22 heavy (non-hydrogen) atoms. The summed E-state index contributed by atoms with van der Waals surface area (Å²) < 4.78 is 38.9. The number of nitrogens with one attached hydrogen (secondary N) is 2. The van der Waals surface area contributed by atoms with Crippen molar-refractivity contribution in [2.24, 2.45) is 0 Å². The zero-order chi connectivity index (χ0) is 15.7. The van der Waals surface area contributed by atoms with Crippen molar-refractivity contribution in [3.8, 4) is 0 Å². The molecule has 1 aromatic carbocycles. The zero-order valence-electron chi connectivity index (χ0n) is 12.1. The van der Waals surface area contributed by atoms with Crippen LogP contribution in [0.25, 0.3) is 0 Å². The van der Waals surface area contributed by atoms with Gasteiger partial charge in [-0.05, 0) is 36.6 Å². The van der Waals surface area contributed by atoms with Crippen LogP contribution in [-0.4, -0.2) is 44.0 Å². The van der Waals surface area contributed by atoms with Crippen molar-refractivity contribution in [1.29, 1.82) is 0 Å². The van der Waals surface area contributed by atoms with Crippen molar-refractivity contribution in [1.82, 2.24) is 9.62 Å². The van der Waals surface area contributed by atoms with E-state index in [1.54, 1.807) is 6.07 Å². The van der Waals surface area contributed by atoms with Crippen LogP contribution in [-0.2, 0) is 27.8 Å². The summed E-state index contributed by atoms with van der Waals surface area (Å²) in [5, 5.41) is 5.64. The van der Waals surface area contributed by atoms with Crippen molar-refractivity contribution in [3.63, 3.8) is 0 Å². The number of rotatable bonds is 3. The van der Waals surface area contributed by atoms with Crippen molar-refractivity contribution in [3.05, 3.63) is 29.1 Å². The molecule has 0 atom stereocenters. The molecule has 2 heterocycles. The highest BCUT2D eigenvalue weighted by Gasteiger charge is 2.30. The predicted molar refractivity (Wildman–Crippen MR) is 80.4 cm³/mol. The molecule has 1 fully saturated rings. The molecule has 0 unspecified atom stereocenters. The van der Waals surface area contributed by atoms with E-state index in [0.29, 0.717) is 38.0 Å². The number of halogens is 1. The second kappa shape index (κ2) is 5.94. The highest BCUT2D eigenvalue weighted by Crippen LogP contribution is 2.24. The Labute approximate surface area is 128 Å². The van der Waals surface area contributed by atoms with Crippen LogP contribution in [0.2, 0.25) is 0 Å². The van der Waals surface area contributed by atoms with E-state index in [0.717, 1.165) is 9.87 Å². The summed E-state index contributed by atoms with van der Waals surface area (Å²) >= 11 is 0. The highest BCUT2D eigenvalue weighted by atomic mass is 32.2. The third kappa shape index (κ3) is 2.99. The minimum atomic E-state index is -3.33. The van der Waals surface area contributed by atoms with Gasteiger partial charge >= 0.3 is 0 Å². The Morgan fingerprint density at radius 3 is 2.95 bits per heavy atom. The Balaban J connectivity index is 1.72. The average Bonchev–Trinajstić information content (AvgIpc) is 2.81. The van der Waals surface area contributed by atoms with E-state index in [1.807, 2.05) is 0 Å². The van der Waals surface area contributed by atoms with Crippen LogP contribution in [0, 0.1) is 5.82 Å². The smallest absolute Gasteiger partial charge is 0.239 e. The lowest BCUT2D eigenvalue weighted by Crippen LogP contribution is -2.34. The van der Waals surface area contributed by atoms with Gasteiger partial charge in [-0.2, -0.15) is 4.31 Å². The molecule has 0 aromatic heterocycles. The Kier molecular flexibility index (Phi) is 4.16. The van der Waals surface area contributed by atoms with Gasteiger partial charge in [-0.1, -0.05) is 6.07 Å². The monoisotopic (exact) mass is 327 g/mol. The molecule has 120 valence electrons. The molecule has 0 spiro atoms. The quantitative estimate of drug-likeness (QED) is 0.845. The van der Waals surface area contributed by atoms with E-state index in [2.05, 4.69) is 10.6 Å². The number of sulfonamides is 1. The molecule has 0 radical (unpaired) electrons. The molecule has 2 N–H and O–H groups in total. The standard InChI is InChI=1S/C14H18FN3O3S/c15-14-11-4-5-16-8-10(11)2-3-12(14)17-13(19)9-18-6-1-7-22(18,20)21/h2-3,16H,1,4-9H2,(H,17,19). The largest absolute Gasteiger partial charge is 0.322 e. The molecule has 8 heteroatoms. The normalized spacial score (nSPS) is 20.6. The number of hydrogen-bond acceptors (Lipinski definition) is 4. The fraction of sp³-hybridized carbons (Fsp3) is 0.500. The molecule has 2 aliphatic rings. The molecule has 0 bridgehead atoms. The first-order valence-corrected chi connectivity index (χ1v) is 8.87. The number of carbonyl (C=O) groups excluding carboxylic acids is 1. The fourth-order valence-corrected chi connectivity index (χ4v) is 4.32. The lowest BCUT2D eigenvalue weighted by molar-refractivity contribution is -0.116. The van der Waals surface area contributed by atoms with Crippen LogP contribution in [0.4, 0.5) is 10.1 Å². The Bertz CT molecular complexity index is 706. The summed E-state index contributed by atoms with van der Waals surface area (Å²) in [5.74, 6) is -0.865. The van der Waals surface area contributed by atoms with Gasteiger partial charge in [-0.15, -0.1) is 0 Å². The van der Waals surface area contributed by atoms with Gasteiger partial charge in [0.1, 0.15) is 5.82 Å². The van der Waals surface area contributed by atoms with Crippen LogP contribution in [0.3, 0.4) is 0 Å². The number of benzene rings is 1. The van der Waals surface area contributed by atoms with E-state index in [-0.39, 0.29) is 18.0 Å². The number of carbonyl (C=O) groups is 1. The van der Waals surface area contributed by atoms with Crippen molar-refractivity contribution < 1.29 is 17.6 Å². The predicted octanol–water partition coefficient (Wildman–Crippen LogP) is 0.445. The van der Waals surface area contributed by atoms with Crippen LogP contribution in [0.1, 0.15) is 17.5 Å². The summed E-state index contributed by atoms with van der Waals surface area (Å²) in [6, 6.07) is 3.31. The Morgan fingerprint density at radius 1 is 1.41 bits per heavy atom. The van der Waals surface area contributed by atoms with E-state index in [9.17, 15) is 17.6 Å². The zero-order valence-corrected chi connectivity index (χ0v) is 12.9. The minimum absolute atomic E-state index is 0.0699. The minimum Gasteiger partial charge on any atom is -0.322 e. The third-order valence-electron chi connectivity index (χ3n) is 4.00. The van der Waals surface area contributed by atoms with Crippen molar-refractivity contribution >= 4 is 21.6 Å². The first-order valence-electron chi connectivity index (χ1n) is 7.26. The first-order chi connectivity index (χ1) is 10.5. The molecule has 0 saturated carbocycles. The van der Waals surface area contributed by atoms with Gasteiger partial charge in [-0.25, -0.2) is 12.8 Å². The van der Waals surface area contributed by atoms with Gasteiger partial charge < -0.3 is 10.6 Å². The topological polar surface area (TPSA) is 78.5 Å². The molecule has 1 aromatic rings. The highest BCUT2D eigenvalue weighted by molar-refractivity contribution is 7.89. The van der Waals surface area contributed by atoms with E-state index in [4.69, 9.17) is 0 Å². The molecule has 1 amide bonds. The maximum Gasteiger partial charge on any atom is 0.239 e. The van der Waals surface area contributed by atoms with Gasteiger partial charge in [0.05, 0.1) is 18.0 Å². The van der Waals surface area contributed by atoms with E-state index < -0.39 is 21.7 Å². The Morgan fingerprint density at radius 2 is 2.23 bits per heavy atom. The molecular weight excluding hydrogens is 309 g/mol. The molecule has 2 aliphatic heterocycles. The van der Waals surface area contributed by atoms with Crippen molar-refractivity contribution in [2.45, 2.75) is 19.4 Å². The summed E-state index contributed by atoms with van der Waals surface area (Å²) in [6.45, 7) is 1.40. The third-order valence-corrected chi connectivity index (χ3v) is 5.91. The van der Waals surface area contributed by atoms with Crippen LogP contribution in [0.15, 0.2) is 12.1 Å². The summed E-state index contributed by atoms with van der Waals surface area (Å²) in [6.07, 6.45) is 1.10. The molecular formula is C14H18FN3O3S. The van der Waals surface area contributed by atoms with Crippen LogP contribution in [0.5, 0.6) is 0 Å². The number of fused-ring (bicyclic) bond motifs is 1. The van der Waals surface area contributed by atoms with Gasteiger partial charge in [0, 0.05) is 13.1 Å². The van der Waals surface area contributed by atoms with Gasteiger partial charge in [0.25, 0.3) is 0 Å². The summed E-state index contributed by atoms with van der Waals surface area (Å²) in [7, 11) is -3.33. The average molecular weight is 327 g/mol. The lowest BCUT2D eigenvalue weighted by Gasteiger charge is -2.20. The fourth-order valence-electron chi connectivity index (χ4n) is 2.85.